The molecule has 0 heterocycles. The maximum atomic E-state index is 11.2. The average molecular weight is 301 g/mol. The van der Waals surface area contributed by atoms with E-state index < -0.39 is 4.92 Å². The predicted octanol–water partition coefficient (Wildman–Crippen LogP) is 1.61. The quantitative estimate of drug-likeness (QED) is 0.474. The average Bonchev–Trinajstić information content (AvgIpc) is 2.39. The normalized spacial score (nSPS) is 10.2. The number of carbonyl (C=O) groups is 1. The van der Waals surface area contributed by atoms with Gasteiger partial charge in [-0.05, 0) is 11.6 Å². The van der Waals surface area contributed by atoms with E-state index in [4.69, 9.17) is 11.6 Å². The predicted molar refractivity (Wildman–Crippen MR) is 76.9 cm³/mol. The van der Waals surface area contributed by atoms with Gasteiger partial charge in [0.05, 0.1) is 4.92 Å². The molecule has 0 aromatic heterocycles. The van der Waals surface area contributed by atoms with E-state index in [-0.39, 0.29) is 11.7 Å². The number of rotatable bonds is 6. The molecule has 7 nitrogen and oxygen atoms in total. The SMILES string of the molecule is CN(C)C(=O)NCCNCc1cc([N+](=O)[O-])ccc1Cl. The Hall–Kier alpha value is -1.86. The van der Waals surface area contributed by atoms with Crippen LogP contribution in [0.2, 0.25) is 5.02 Å². The minimum atomic E-state index is -0.461. The van der Waals surface area contributed by atoms with Crippen molar-refractivity contribution < 1.29 is 9.72 Å². The van der Waals surface area contributed by atoms with Crippen LogP contribution in [0, 0.1) is 10.1 Å². The molecule has 0 aliphatic carbocycles. The van der Waals surface area contributed by atoms with Crippen molar-refractivity contribution in [1.29, 1.82) is 0 Å². The summed E-state index contributed by atoms with van der Waals surface area (Å²) in [5.41, 5.74) is 0.659. The molecular formula is C12H17ClN4O3. The van der Waals surface area contributed by atoms with E-state index in [1.807, 2.05) is 0 Å². The van der Waals surface area contributed by atoms with Gasteiger partial charge in [-0.3, -0.25) is 10.1 Å². The number of nitro groups is 1. The molecule has 1 aromatic rings. The first-order valence-electron chi connectivity index (χ1n) is 6.00. The van der Waals surface area contributed by atoms with Crippen molar-refractivity contribution >= 4 is 23.3 Å². The molecule has 0 atom stereocenters. The van der Waals surface area contributed by atoms with E-state index in [0.717, 1.165) is 0 Å². The number of amides is 2. The second kappa shape index (κ2) is 7.66. The number of carbonyl (C=O) groups excluding carboxylic acids is 1. The van der Waals surface area contributed by atoms with Crippen molar-refractivity contribution in [3.8, 4) is 0 Å². The maximum absolute atomic E-state index is 11.2. The summed E-state index contributed by atoms with van der Waals surface area (Å²) in [7, 11) is 3.32. The van der Waals surface area contributed by atoms with Gasteiger partial charge in [-0.2, -0.15) is 0 Å². The summed E-state index contributed by atoms with van der Waals surface area (Å²) in [6.45, 7) is 1.40. The summed E-state index contributed by atoms with van der Waals surface area (Å²) in [5.74, 6) is 0. The summed E-state index contributed by atoms with van der Waals surface area (Å²) in [4.78, 5) is 22.9. The van der Waals surface area contributed by atoms with E-state index in [1.165, 1.54) is 23.1 Å². The third kappa shape index (κ3) is 5.02. The summed E-state index contributed by atoms with van der Waals surface area (Å²) in [5, 5.41) is 16.9. The van der Waals surface area contributed by atoms with Gasteiger partial charge < -0.3 is 15.5 Å². The maximum Gasteiger partial charge on any atom is 0.316 e. The van der Waals surface area contributed by atoms with Crippen LogP contribution in [0.15, 0.2) is 18.2 Å². The Morgan fingerprint density at radius 3 is 2.70 bits per heavy atom. The van der Waals surface area contributed by atoms with Crippen LogP contribution >= 0.6 is 11.6 Å². The lowest BCUT2D eigenvalue weighted by Gasteiger charge is -2.12. The van der Waals surface area contributed by atoms with Gasteiger partial charge in [0.1, 0.15) is 0 Å². The number of non-ortho nitro benzene ring substituents is 1. The van der Waals surface area contributed by atoms with Crippen LogP contribution in [0.5, 0.6) is 0 Å². The van der Waals surface area contributed by atoms with Gasteiger partial charge in [-0.15, -0.1) is 0 Å². The summed E-state index contributed by atoms with van der Waals surface area (Å²) >= 11 is 5.97. The van der Waals surface area contributed by atoms with Gasteiger partial charge >= 0.3 is 6.03 Å². The molecule has 110 valence electrons. The summed E-state index contributed by atoms with van der Waals surface area (Å²) < 4.78 is 0. The van der Waals surface area contributed by atoms with Gasteiger partial charge in [0.2, 0.25) is 0 Å². The molecule has 1 rings (SSSR count). The first kappa shape index (κ1) is 16.2. The molecule has 0 radical (unpaired) electrons. The smallest absolute Gasteiger partial charge is 0.316 e. The lowest BCUT2D eigenvalue weighted by Crippen LogP contribution is -2.38. The molecule has 0 unspecified atom stereocenters. The highest BCUT2D eigenvalue weighted by molar-refractivity contribution is 6.31. The molecule has 1 aromatic carbocycles. The van der Waals surface area contributed by atoms with E-state index in [2.05, 4.69) is 10.6 Å². The number of halogens is 1. The third-order valence-corrected chi connectivity index (χ3v) is 2.91. The molecule has 0 saturated carbocycles. The molecule has 0 saturated heterocycles. The lowest BCUT2D eigenvalue weighted by atomic mass is 10.2. The van der Waals surface area contributed by atoms with Crippen LogP contribution in [-0.4, -0.2) is 43.0 Å². The zero-order chi connectivity index (χ0) is 15.1. The first-order chi connectivity index (χ1) is 9.41. The van der Waals surface area contributed by atoms with Gasteiger partial charge in [0.25, 0.3) is 5.69 Å². The molecule has 8 heteroatoms. The van der Waals surface area contributed by atoms with Gasteiger partial charge in [-0.25, -0.2) is 4.79 Å². The Morgan fingerprint density at radius 1 is 1.40 bits per heavy atom. The fourth-order valence-electron chi connectivity index (χ4n) is 1.45. The standard InChI is InChI=1S/C12H17ClN4O3/c1-16(2)12(18)15-6-5-14-8-9-7-10(17(19)20)3-4-11(9)13/h3-4,7,14H,5-6,8H2,1-2H3,(H,15,18). The number of nitrogens with one attached hydrogen (secondary N) is 2. The van der Waals surface area contributed by atoms with Crippen LogP contribution in [-0.2, 0) is 6.54 Å². The molecule has 0 spiro atoms. The third-order valence-electron chi connectivity index (χ3n) is 2.54. The van der Waals surface area contributed by atoms with Crippen LogP contribution < -0.4 is 10.6 Å². The highest BCUT2D eigenvalue weighted by Gasteiger charge is 2.09. The van der Waals surface area contributed by atoms with Crippen LogP contribution in [0.1, 0.15) is 5.56 Å². The molecule has 2 N–H and O–H groups in total. The van der Waals surface area contributed by atoms with Gasteiger partial charge in [-0.1, -0.05) is 11.6 Å². The Labute approximate surface area is 122 Å². The zero-order valence-electron chi connectivity index (χ0n) is 11.4. The van der Waals surface area contributed by atoms with Crippen molar-refractivity contribution in [3.05, 3.63) is 38.9 Å². The number of urea groups is 1. The molecule has 0 aliphatic rings. The Morgan fingerprint density at radius 2 is 2.10 bits per heavy atom. The van der Waals surface area contributed by atoms with Crippen molar-refractivity contribution in [1.82, 2.24) is 15.5 Å². The number of hydrogen-bond donors (Lipinski definition) is 2. The van der Waals surface area contributed by atoms with Crippen molar-refractivity contribution in [3.63, 3.8) is 0 Å². The number of nitrogens with zero attached hydrogens (tertiary/aromatic N) is 2. The lowest BCUT2D eigenvalue weighted by molar-refractivity contribution is -0.384. The van der Waals surface area contributed by atoms with E-state index in [9.17, 15) is 14.9 Å². The zero-order valence-corrected chi connectivity index (χ0v) is 12.1. The second-order valence-corrected chi connectivity index (χ2v) is 4.74. The van der Waals surface area contributed by atoms with Gasteiger partial charge in [0.15, 0.2) is 0 Å². The fraction of sp³-hybridized carbons (Fsp3) is 0.417. The Kier molecular flexibility index (Phi) is 6.20. The van der Waals surface area contributed by atoms with Crippen LogP contribution in [0.3, 0.4) is 0 Å². The second-order valence-electron chi connectivity index (χ2n) is 4.34. The van der Waals surface area contributed by atoms with Crippen LogP contribution in [0.25, 0.3) is 0 Å². The number of hydrogen-bond acceptors (Lipinski definition) is 4. The molecular weight excluding hydrogens is 284 g/mol. The Balaban J connectivity index is 2.40. The van der Waals surface area contributed by atoms with E-state index >= 15 is 0 Å². The van der Waals surface area contributed by atoms with Crippen LogP contribution in [0.4, 0.5) is 10.5 Å². The molecule has 0 fully saturated rings. The Bertz CT molecular complexity index is 494. The number of nitro benzene ring substituents is 1. The van der Waals surface area contributed by atoms with Crippen molar-refractivity contribution in [2.24, 2.45) is 0 Å². The monoisotopic (exact) mass is 300 g/mol. The molecule has 0 aliphatic heterocycles. The fourth-order valence-corrected chi connectivity index (χ4v) is 1.63. The largest absolute Gasteiger partial charge is 0.337 e. The first-order valence-corrected chi connectivity index (χ1v) is 6.38. The molecule has 0 bridgehead atoms. The summed E-state index contributed by atoms with van der Waals surface area (Å²) in [6, 6.07) is 4.14. The number of benzene rings is 1. The topological polar surface area (TPSA) is 87.5 Å². The summed E-state index contributed by atoms with van der Waals surface area (Å²) in [6.07, 6.45) is 0. The highest BCUT2D eigenvalue weighted by atomic mass is 35.5. The van der Waals surface area contributed by atoms with E-state index in [0.29, 0.717) is 30.2 Å². The van der Waals surface area contributed by atoms with Gasteiger partial charge in [0, 0.05) is 50.9 Å². The van der Waals surface area contributed by atoms with Crippen molar-refractivity contribution in [2.75, 3.05) is 27.2 Å². The van der Waals surface area contributed by atoms with Crippen molar-refractivity contribution in [2.45, 2.75) is 6.54 Å². The van der Waals surface area contributed by atoms with E-state index in [1.54, 1.807) is 14.1 Å². The molecule has 20 heavy (non-hydrogen) atoms. The minimum absolute atomic E-state index is 0.00658. The highest BCUT2D eigenvalue weighted by Crippen LogP contribution is 2.21. The molecule has 2 amide bonds. The minimum Gasteiger partial charge on any atom is -0.337 e.